The number of hydrogen-bond acceptors (Lipinski definition) is 6. The second kappa shape index (κ2) is 14.3. The van der Waals surface area contributed by atoms with Crippen LogP contribution < -0.4 is 9.47 Å². The Labute approximate surface area is 259 Å². The first-order chi connectivity index (χ1) is 20.9. The molecule has 0 radical (unpaired) electrons. The molecule has 0 N–H and O–H groups in total. The molecule has 1 fully saturated rings. The first kappa shape index (κ1) is 30.9. The molecule has 1 saturated heterocycles. The predicted octanol–water partition coefficient (Wildman–Crippen LogP) is 6.28. The fraction of sp³-hybridized carbons (Fsp3) is 0.412. The van der Waals surface area contributed by atoms with Gasteiger partial charge in [0.25, 0.3) is 5.91 Å². The van der Waals surface area contributed by atoms with E-state index in [9.17, 15) is 4.79 Å². The molecule has 1 aromatic heterocycles. The van der Waals surface area contributed by atoms with Crippen molar-refractivity contribution < 1.29 is 19.0 Å². The van der Waals surface area contributed by atoms with Gasteiger partial charge in [0.1, 0.15) is 5.82 Å². The number of amides is 1. The zero-order valence-electron chi connectivity index (χ0n) is 25.5. The number of benzene rings is 3. The Bertz CT molecular complexity index is 1550. The number of halogens is 1. The number of para-hydroxylation sites is 2. The van der Waals surface area contributed by atoms with E-state index in [0.29, 0.717) is 42.6 Å². The Kier molecular flexibility index (Phi) is 10.2. The first-order valence-electron chi connectivity index (χ1n) is 14.9. The summed E-state index contributed by atoms with van der Waals surface area (Å²) in [6.07, 6.45) is 0.846. The lowest BCUT2D eigenvalue weighted by atomic mass is 10.1. The number of morpholine rings is 1. The molecule has 3 aromatic carbocycles. The van der Waals surface area contributed by atoms with Crippen molar-refractivity contribution >= 4 is 28.5 Å². The molecule has 1 amide bonds. The lowest BCUT2D eigenvalue weighted by Gasteiger charge is -2.28. The molecule has 0 saturated carbocycles. The highest BCUT2D eigenvalue weighted by atomic mass is 35.5. The van der Waals surface area contributed by atoms with Crippen LogP contribution in [-0.4, -0.2) is 72.3 Å². The van der Waals surface area contributed by atoms with Gasteiger partial charge in [0.2, 0.25) is 0 Å². The highest BCUT2D eigenvalue weighted by Gasteiger charge is 2.25. The van der Waals surface area contributed by atoms with E-state index in [1.54, 1.807) is 19.2 Å². The fourth-order valence-corrected chi connectivity index (χ4v) is 5.84. The average molecular weight is 605 g/mol. The minimum absolute atomic E-state index is 0.169. The van der Waals surface area contributed by atoms with E-state index < -0.39 is 0 Å². The highest BCUT2D eigenvalue weighted by molar-refractivity contribution is 6.35. The molecule has 43 heavy (non-hydrogen) atoms. The van der Waals surface area contributed by atoms with Crippen molar-refractivity contribution in [3.05, 3.63) is 88.2 Å². The number of ether oxygens (including phenoxy) is 3. The van der Waals surface area contributed by atoms with Crippen molar-refractivity contribution in [3.63, 3.8) is 0 Å². The van der Waals surface area contributed by atoms with Crippen molar-refractivity contribution in [1.82, 2.24) is 19.4 Å². The Balaban J connectivity index is 1.50. The number of carbonyl (C=O) groups excluding carboxylic acids is 1. The average Bonchev–Trinajstić information content (AvgIpc) is 3.36. The third kappa shape index (κ3) is 7.15. The number of carbonyl (C=O) groups is 1. The Morgan fingerprint density at radius 2 is 1.67 bits per heavy atom. The maximum Gasteiger partial charge on any atom is 0.255 e. The minimum atomic E-state index is -0.169. The van der Waals surface area contributed by atoms with Gasteiger partial charge in [-0.25, -0.2) is 4.98 Å². The first-order valence-corrected chi connectivity index (χ1v) is 15.3. The van der Waals surface area contributed by atoms with Gasteiger partial charge in [0.05, 0.1) is 55.6 Å². The van der Waals surface area contributed by atoms with E-state index in [1.165, 1.54) is 18.2 Å². The smallest absolute Gasteiger partial charge is 0.255 e. The second-order valence-electron chi connectivity index (χ2n) is 11.3. The van der Waals surface area contributed by atoms with Gasteiger partial charge < -0.3 is 23.7 Å². The van der Waals surface area contributed by atoms with Crippen molar-refractivity contribution in [2.75, 3.05) is 47.1 Å². The third-order valence-electron chi connectivity index (χ3n) is 7.99. The lowest BCUT2D eigenvalue weighted by Crippen LogP contribution is -2.36. The molecule has 9 heteroatoms. The molecule has 0 aliphatic carbocycles. The molecule has 4 aromatic rings. The number of fused-ring (bicyclic) bond motifs is 1. The molecule has 0 bridgehead atoms. The van der Waals surface area contributed by atoms with Crippen LogP contribution in [0, 0.1) is 5.92 Å². The fourth-order valence-electron chi connectivity index (χ4n) is 5.52. The van der Waals surface area contributed by atoms with Crippen LogP contribution in [0.2, 0.25) is 5.02 Å². The summed E-state index contributed by atoms with van der Waals surface area (Å²) >= 11 is 6.71. The lowest BCUT2D eigenvalue weighted by molar-refractivity contribution is 0.0340. The van der Waals surface area contributed by atoms with Gasteiger partial charge in [-0.05, 0) is 47.7 Å². The second-order valence-corrected chi connectivity index (χ2v) is 11.7. The van der Waals surface area contributed by atoms with Crippen LogP contribution in [0.3, 0.4) is 0 Å². The zero-order valence-corrected chi connectivity index (χ0v) is 26.3. The van der Waals surface area contributed by atoms with Crippen molar-refractivity contribution in [2.45, 2.75) is 39.9 Å². The van der Waals surface area contributed by atoms with Crippen LogP contribution in [0.1, 0.15) is 47.6 Å². The van der Waals surface area contributed by atoms with Crippen molar-refractivity contribution in [3.8, 4) is 11.5 Å². The maximum atomic E-state index is 14.1. The van der Waals surface area contributed by atoms with Crippen LogP contribution in [0.25, 0.3) is 11.0 Å². The van der Waals surface area contributed by atoms with Gasteiger partial charge >= 0.3 is 0 Å². The van der Waals surface area contributed by atoms with E-state index in [-0.39, 0.29) is 10.9 Å². The summed E-state index contributed by atoms with van der Waals surface area (Å²) in [4.78, 5) is 23.4. The Morgan fingerprint density at radius 3 is 2.37 bits per heavy atom. The molecule has 228 valence electrons. The molecule has 0 atom stereocenters. The van der Waals surface area contributed by atoms with Crippen LogP contribution in [0.5, 0.6) is 11.5 Å². The van der Waals surface area contributed by atoms with E-state index in [1.807, 2.05) is 23.1 Å². The topological polar surface area (TPSA) is 69.1 Å². The Morgan fingerprint density at radius 1 is 0.977 bits per heavy atom. The van der Waals surface area contributed by atoms with Crippen LogP contribution in [0.15, 0.2) is 60.7 Å². The van der Waals surface area contributed by atoms with Gasteiger partial charge in [-0.3, -0.25) is 9.69 Å². The summed E-state index contributed by atoms with van der Waals surface area (Å²) in [5.74, 6) is 1.91. The van der Waals surface area contributed by atoms with E-state index in [2.05, 4.69) is 53.6 Å². The van der Waals surface area contributed by atoms with Gasteiger partial charge in [0.15, 0.2) is 11.5 Å². The van der Waals surface area contributed by atoms with Crippen LogP contribution >= 0.6 is 11.6 Å². The number of aromatic nitrogens is 2. The summed E-state index contributed by atoms with van der Waals surface area (Å²) in [7, 11) is 3.07. The summed E-state index contributed by atoms with van der Waals surface area (Å²) in [6, 6.07) is 20.2. The SMILES string of the molecule is COc1ccc(C(=O)N(CCC(C)C)Cc2nc3ccccc3n2Cc2ccccc2CN2CCOCC2)c(Cl)c1OC. The molecule has 5 rings (SSSR count). The molecular formula is C34H41ClN4O4. The molecule has 8 nitrogen and oxygen atoms in total. The normalized spacial score (nSPS) is 13.9. The molecule has 0 spiro atoms. The minimum Gasteiger partial charge on any atom is -0.493 e. The molecular weight excluding hydrogens is 564 g/mol. The largest absolute Gasteiger partial charge is 0.493 e. The van der Waals surface area contributed by atoms with E-state index in [4.69, 9.17) is 30.8 Å². The standard InChI is InChI=1S/C34H41ClN4O4/c1-24(2)15-16-38(34(40)27-13-14-30(41-3)33(42-4)32(27)35)23-31-36-28-11-7-8-12-29(28)39(31)22-26-10-6-5-9-25(26)21-37-17-19-43-20-18-37/h5-14,24H,15-23H2,1-4H3. The molecule has 2 heterocycles. The number of rotatable bonds is 12. The van der Waals surface area contributed by atoms with Gasteiger partial charge in [-0.1, -0.05) is 61.8 Å². The highest BCUT2D eigenvalue weighted by Crippen LogP contribution is 2.38. The van der Waals surface area contributed by atoms with Gasteiger partial charge in [-0.2, -0.15) is 0 Å². The molecule has 1 aliphatic heterocycles. The summed E-state index contributed by atoms with van der Waals surface area (Å²) in [6.45, 7) is 10.1. The summed E-state index contributed by atoms with van der Waals surface area (Å²) in [5.41, 5.74) is 4.85. The van der Waals surface area contributed by atoms with Crippen molar-refractivity contribution in [1.29, 1.82) is 0 Å². The van der Waals surface area contributed by atoms with E-state index in [0.717, 1.165) is 56.1 Å². The van der Waals surface area contributed by atoms with E-state index >= 15 is 0 Å². The van der Waals surface area contributed by atoms with Gasteiger partial charge in [-0.15, -0.1) is 0 Å². The third-order valence-corrected chi connectivity index (χ3v) is 8.36. The van der Waals surface area contributed by atoms with Crippen LogP contribution in [0.4, 0.5) is 0 Å². The molecule has 0 unspecified atom stereocenters. The summed E-state index contributed by atoms with van der Waals surface area (Å²) < 4.78 is 18.7. The number of hydrogen-bond donors (Lipinski definition) is 0. The summed E-state index contributed by atoms with van der Waals surface area (Å²) in [5, 5.41) is 0.243. The zero-order chi connectivity index (χ0) is 30.3. The monoisotopic (exact) mass is 604 g/mol. The maximum absolute atomic E-state index is 14.1. The number of nitrogens with zero attached hydrogens (tertiary/aromatic N) is 4. The van der Waals surface area contributed by atoms with Crippen LogP contribution in [-0.2, 0) is 24.4 Å². The molecule has 1 aliphatic rings. The van der Waals surface area contributed by atoms with Crippen molar-refractivity contribution in [2.24, 2.45) is 5.92 Å². The predicted molar refractivity (Wildman–Crippen MR) is 170 cm³/mol. The number of imidazole rings is 1. The quantitative estimate of drug-likeness (QED) is 0.190. The Hall–Kier alpha value is -3.59. The van der Waals surface area contributed by atoms with Gasteiger partial charge in [0, 0.05) is 32.7 Å². The number of methoxy groups -OCH3 is 2.